The first kappa shape index (κ1) is 17.4. The van der Waals surface area contributed by atoms with Gasteiger partial charge in [0.05, 0.1) is 5.25 Å². The molecule has 2 heterocycles. The first-order chi connectivity index (χ1) is 11.8. The smallest absolute Gasteiger partial charge is 0.239 e. The van der Waals surface area contributed by atoms with E-state index in [2.05, 4.69) is 20.3 Å². The summed E-state index contributed by atoms with van der Waals surface area (Å²) in [5.74, 6) is 7.37. The van der Waals surface area contributed by atoms with E-state index in [1.807, 2.05) is 27.7 Å². The van der Waals surface area contributed by atoms with Crippen LogP contribution in [0.4, 0.5) is 4.39 Å². The van der Waals surface area contributed by atoms with Gasteiger partial charge >= 0.3 is 0 Å². The van der Waals surface area contributed by atoms with Crippen molar-refractivity contribution in [3.8, 4) is 11.4 Å². The third-order valence-corrected chi connectivity index (χ3v) is 4.55. The maximum atomic E-state index is 13.1. The van der Waals surface area contributed by atoms with Crippen molar-refractivity contribution in [2.75, 3.05) is 5.84 Å². The molecule has 132 valence electrons. The van der Waals surface area contributed by atoms with Crippen molar-refractivity contribution in [2.24, 2.45) is 0 Å². The van der Waals surface area contributed by atoms with E-state index >= 15 is 0 Å². The Kier molecular flexibility index (Phi) is 4.51. The lowest BCUT2D eigenvalue weighted by Crippen LogP contribution is -2.13. The predicted octanol–water partition coefficient (Wildman–Crippen LogP) is 3.33. The van der Waals surface area contributed by atoms with E-state index in [1.54, 1.807) is 12.1 Å². The summed E-state index contributed by atoms with van der Waals surface area (Å²) in [6.07, 6.45) is 0. The van der Waals surface area contributed by atoms with Gasteiger partial charge in [0.25, 0.3) is 0 Å². The van der Waals surface area contributed by atoms with Gasteiger partial charge in [-0.25, -0.2) is 9.07 Å². The lowest BCUT2D eigenvalue weighted by molar-refractivity contribution is 0.364. The summed E-state index contributed by atoms with van der Waals surface area (Å²) in [7, 11) is 0. The molecule has 0 spiro atoms. The van der Waals surface area contributed by atoms with Crippen LogP contribution in [-0.2, 0) is 5.41 Å². The standard InChI is InChI=1S/C16H19FN6OS/c1-9(13-19-14(22-24-13)16(2,3)4)25-15-21-20-12(23(15)18)10-5-7-11(17)8-6-10/h5-9H,18H2,1-4H3. The number of rotatable bonds is 4. The van der Waals surface area contributed by atoms with Crippen LogP contribution in [0.5, 0.6) is 0 Å². The van der Waals surface area contributed by atoms with Crippen molar-refractivity contribution in [2.45, 2.75) is 43.5 Å². The number of aromatic nitrogens is 5. The zero-order valence-corrected chi connectivity index (χ0v) is 15.2. The van der Waals surface area contributed by atoms with Crippen LogP contribution in [0.25, 0.3) is 11.4 Å². The lowest BCUT2D eigenvalue weighted by Gasteiger charge is -2.11. The second-order valence-electron chi connectivity index (χ2n) is 6.65. The minimum atomic E-state index is -0.318. The molecule has 3 rings (SSSR count). The molecule has 3 aromatic rings. The summed E-state index contributed by atoms with van der Waals surface area (Å²) < 4.78 is 19.8. The quantitative estimate of drug-likeness (QED) is 0.562. The zero-order valence-electron chi connectivity index (χ0n) is 14.4. The zero-order chi connectivity index (χ0) is 18.2. The number of nitrogens with zero attached hydrogens (tertiary/aromatic N) is 5. The summed E-state index contributed by atoms with van der Waals surface area (Å²) in [5, 5.41) is 12.6. The van der Waals surface area contributed by atoms with E-state index in [0.29, 0.717) is 28.3 Å². The number of hydrogen-bond acceptors (Lipinski definition) is 7. The second kappa shape index (κ2) is 6.47. The number of nitrogens with two attached hydrogens (primary N) is 1. The molecule has 0 aliphatic carbocycles. The molecule has 0 saturated heterocycles. The minimum Gasteiger partial charge on any atom is -0.338 e. The molecule has 0 radical (unpaired) electrons. The van der Waals surface area contributed by atoms with Crippen LogP contribution in [0, 0.1) is 5.82 Å². The Morgan fingerprint density at radius 3 is 2.48 bits per heavy atom. The molecule has 25 heavy (non-hydrogen) atoms. The van der Waals surface area contributed by atoms with E-state index in [-0.39, 0.29) is 16.5 Å². The molecule has 9 heteroatoms. The molecule has 0 aliphatic heterocycles. The minimum absolute atomic E-state index is 0.142. The summed E-state index contributed by atoms with van der Waals surface area (Å²) in [4.78, 5) is 4.44. The van der Waals surface area contributed by atoms with Gasteiger partial charge in [-0.15, -0.1) is 10.2 Å². The normalized spacial score (nSPS) is 13.2. The summed E-state index contributed by atoms with van der Waals surface area (Å²) in [6, 6.07) is 5.92. The van der Waals surface area contributed by atoms with Gasteiger partial charge in [-0.05, 0) is 31.2 Å². The number of hydrogen-bond donors (Lipinski definition) is 1. The largest absolute Gasteiger partial charge is 0.338 e. The van der Waals surface area contributed by atoms with Crippen LogP contribution >= 0.6 is 11.8 Å². The van der Waals surface area contributed by atoms with Crippen LogP contribution in [0.15, 0.2) is 33.9 Å². The van der Waals surface area contributed by atoms with Gasteiger partial charge in [0.1, 0.15) is 5.82 Å². The summed E-state index contributed by atoms with van der Waals surface area (Å²) in [6.45, 7) is 7.98. The van der Waals surface area contributed by atoms with Gasteiger partial charge in [0, 0.05) is 11.0 Å². The Bertz CT molecular complexity index is 868. The maximum absolute atomic E-state index is 13.1. The number of thioether (sulfide) groups is 1. The van der Waals surface area contributed by atoms with Crippen LogP contribution in [0.3, 0.4) is 0 Å². The van der Waals surface area contributed by atoms with Gasteiger partial charge in [0.15, 0.2) is 11.6 Å². The molecule has 0 amide bonds. The molecule has 1 aromatic carbocycles. The monoisotopic (exact) mass is 362 g/mol. The van der Waals surface area contributed by atoms with E-state index in [0.717, 1.165) is 0 Å². The third-order valence-electron chi connectivity index (χ3n) is 3.51. The lowest BCUT2D eigenvalue weighted by atomic mass is 9.96. The van der Waals surface area contributed by atoms with Crippen LogP contribution in [0.1, 0.15) is 44.7 Å². The van der Waals surface area contributed by atoms with Crippen molar-refractivity contribution in [3.63, 3.8) is 0 Å². The molecule has 0 saturated carbocycles. The molecule has 2 aromatic heterocycles. The fourth-order valence-electron chi connectivity index (χ4n) is 2.07. The molecule has 1 atom stereocenters. The molecular formula is C16H19FN6OS. The number of benzene rings is 1. The van der Waals surface area contributed by atoms with Crippen molar-refractivity contribution in [1.29, 1.82) is 0 Å². The van der Waals surface area contributed by atoms with Gasteiger partial charge < -0.3 is 10.4 Å². The first-order valence-corrected chi connectivity index (χ1v) is 8.61. The molecule has 7 nitrogen and oxygen atoms in total. The van der Waals surface area contributed by atoms with Crippen LogP contribution in [0.2, 0.25) is 0 Å². The van der Waals surface area contributed by atoms with Crippen LogP contribution in [-0.4, -0.2) is 25.0 Å². The summed E-state index contributed by atoms with van der Waals surface area (Å²) in [5.41, 5.74) is 0.499. The highest BCUT2D eigenvalue weighted by atomic mass is 32.2. The Morgan fingerprint density at radius 2 is 1.88 bits per heavy atom. The maximum Gasteiger partial charge on any atom is 0.239 e. The van der Waals surface area contributed by atoms with Gasteiger partial charge in [-0.3, -0.25) is 0 Å². The summed E-state index contributed by atoms with van der Waals surface area (Å²) >= 11 is 1.36. The van der Waals surface area contributed by atoms with Crippen molar-refractivity contribution in [3.05, 3.63) is 41.8 Å². The Hall–Kier alpha value is -2.42. The molecule has 0 bridgehead atoms. The first-order valence-electron chi connectivity index (χ1n) is 7.73. The highest BCUT2D eigenvalue weighted by molar-refractivity contribution is 7.99. The van der Waals surface area contributed by atoms with Crippen molar-refractivity contribution >= 4 is 11.8 Å². The highest BCUT2D eigenvalue weighted by Gasteiger charge is 2.25. The topological polar surface area (TPSA) is 95.7 Å². The van der Waals surface area contributed by atoms with Crippen molar-refractivity contribution in [1.82, 2.24) is 25.0 Å². The van der Waals surface area contributed by atoms with E-state index in [1.165, 1.54) is 28.6 Å². The van der Waals surface area contributed by atoms with Crippen LogP contribution < -0.4 is 5.84 Å². The third kappa shape index (κ3) is 3.65. The number of halogens is 1. The molecule has 2 N–H and O–H groups in total. The van der Waals surface area contributed by atoms with Crippen molar-refractivity contribution < 1.29 is 8.91 Å². The number of nitrogen functional groups attached to an aromatic ring is 1. The highest BCUT2D eigenvalue weighted by Crippen LogP contribution is 2.34. The average molecular weight is 362 g/mol. The van der Waals surface area contributed by atoms with E-state index in [9.17, 15) is 4.39 Å². The second-order valence-corrected chi connectivity index (χ2v) is 7.96. The average Bonchev–Trinajstić information content (AvgIpc) is 3.16. The SMILES string of the molecule is CC(Sc1nnc(-c2ccc(F)cc2)n1N)c1nc(C(C)(C)C)no1. The molecular weight excluding hydrogens is 343 g/mol. The Morgan fingerprint density at radius 1 is 1.20 bits per heavy atom. The van der Waals surface area contributed by atoms with E-state index in [4.69, 9.17) is 10.4 Å². The molecule has 0 fully saturated rings. The Balaban J connectivity index is 1.79. The van der Waals surface area contributed by atoms with E-state index < -0.39 is 0 Å². The fraction of sp³-hybridized carbons (Fsp3) is 0.375. The van der Waals surface area contributed by atoms with Gasteiger partial charge in [0.2, 0.25) is 11.0 Å². The molecule has 1 unspecified atom stereocenters. The van der Waals surface area contributed by atoms with Gasteiger partial charge in [-0.1, -0.05) is 37.7 Å². The fourth-order valence-corrected chi connectivity index (χ4v) is 2.87. The Labute approximate surface area is 148 Å². The van der Waals surface area contributed by atoms with Gasteiger partial charge in [-0.2, -0.15) is 4.98 Å². The molecule has 0 aliphatic rings. The predicted molar refractivity (Wildman–Crippen MR) is 92.8 cm³/mol.